The molecule has 19 heavy (non-hydrogen) atoms. The number of hydrogen-bond donors (Lipinski definition) is 1. The van der Waals surface area contributed by atoms with E-state index in [4.69, 9.17) is 5.11 Å². The predicted molar refractivity (Wildman–Crippen MR) is 78.2 cm³/mol. The molecule has 0 aromatic carbocycles. The molecule has 0 aromatic heterocycles. The molecule has 1 aliphatic heterocycles. The molecule has 0 aliphatic carbocycles. The van der Waals surface area contributed by atoms with E-state index < -0.39 is 5.97 Å². The quantitative estimate of drug-likeness (QED) is 0.607. The fourth-order valence-corrected chi connectivity index (χ4v) is 2.13. The second-order valence-electron chi connectivity index (χ2n) is 5.21. The molecular formula is C15H24N2O2. The van der Waals surface area contributed by atoms with E-state index in [0.717, 1.165) is 31.8 Å². The van der Waals surface area contributed by atoms with Gasteiger partial charge in [0.05, 0.1) is 5.57 Å². The molecular weight excluding hydrogens is 240 g/mol. The van der Waals surface area contributed by atoms with Crippen molar-refractivity contribution >= 4 is 5.97 Å². The van der Waals surface area contributed by atoms with Gasteiger partial charge < -0.3 is 10.0 Å². The van der Waals surface area contributed by atoms with Crippen LogP contribution in [0, 0.1) is 0 Å². The van der Waals surface area contributed by atoms with E-state index in [2.05, 4.69) is 30.4 Å². The smallest absolute Gasteiger partial charge is 0.335 e. The van der Waals surface area contributed by atoms with Crippen molar-refractivity contribution in [3.05, 3.63) is 36.0 Å². The van der Waals surface area contributed by atoms with Crippen LogP contribution in [-0.4, -0.2) is 60.1 Å². The third kappa shape index (κ3) is 5.01. The first-order valence-electron chi connectivity index (χ1n) is 6.59. The number of allylic oxidation sites excluding steroid dienone is 2. The van der Waals surface area contributed by atoms with Crippen LogP contribution in [0.3, 0.4) is 0 Å². The molecule has 4 nitrogen and oxygen atoms in total. The van der Waals surface area contributed by atoms with Crippen LogP contribution in [0.25, 0.3) is 0 Å². The number of carbonyl (C=O) groups is 1. The van der Waals surface area contributed by atoms with Crippen LogP contribution in [-0.2, 0) is 4.79 Å². The number of rotatable bonds is 5. The lowest BCUT2D eigenvalue weighted by Crippen LogP contribution is -2.50. The lowest BCUT2D eigenvalue weighted by molar-refractivity contribution is -0.132. The van der Waals surface area contributed by atoms with Gasteiger partial charge in [0.25, 0.3) is 0 Å². The Labute approximate surface area is 115 Å². The normalized spacial score (nSPS) is 23.4. The van der Waals surface area contributed by atoms with Gasteiger partial charge in [-0.3, -0.25) is 4.90 Å². The maximum Gasteiger partial charge on any atom is 0.335 e. The van der Waals surface area contributed by atoms with Crippen molar-refractivity contribution in [2.75, 3.05) is 33.2 Å². The summed E-state index contributed by atoms with van der Waals surface area (Å²) in [5, 5.41) is 8.89. The molecule has 0 spiro atoms. The number of carboxylic acid groups (broad SMARTS) is 1. The van der Waals surface area contributed by atoms with Crippen LogP contribution in [0.1, 0.15) is 13.8 Å². The first-order valence-corrected chi connectivity index (χ1v) is 6.59. The van der Waals surface area contributed by atoms with Gasteiger partial charge in [-0.2, -0.15) is 0 Å². The van der Waals surface area contributed by atoms with Crippen LogP contribution in [0.5, 0.6) is 0 Å². The molecule has 1 rings (SSSR count). The second kappa shape index (κ2) is 7.26. The van der Waals surface area contributed by atoms with Gasteiger partial charge in [0.15, 0.2) is 0 Å². The molecule has 0 amide bonds. The minimum absolute atomic E-state index is 0.228. The maximum absolute atomic E-state index is 10.8. The summed E-state index contributed by atoms with van der Waals surface area (Å²) in [7, 11) is 2.15. The number of nitrogens with zero attached hydrogens (tertiary/aromatic N) is 2. The highest BCUT2D eigenvalue weighted by Crippen LogP contribution is 2.09. The van der Waals surface area contributed by atoms with Crippen LogP contribution >= 0.6 is 0 Å². The highest BCUT2D eigenvalue weighted by Gasteiger charge is 2.20. The third-order valence-electron chi connectivity index (χ3n) is 3.53. The van der Waals surface area contributed by atoms with Gasteiger partial charge in [-0.1, -0.05) is 24.3 Å². The summed E-state index contributed by atoms with van der Waals surface area (Å²) < 4.78 is 0. The van der Waals surface area contributed by atoms with E-state index in [0.29, 0.717) is 6.04 Å². The standard InChI is InChI=1S/C15H24N2O2/c1-5-14(15(18)19)7-6-12(2)10-17-9-8-16(4)13(3)11-17/h5-7,13H,1,8-11H2,2-4H3,(H,18,19)/b12-6+,14-7+/t13-/m0/s1. The fourth-order valence-electron chi connectivity index (χ4n) is 2.13. The van der Waals surface area contributed by atoms with Crippen LogP contribution in [0.4, 0.5) is 0 Å². The van der Waals surface area contributed by atoms with E-state index in [1.165, 1.54) is 6.08 Å². The number of likely N-dealkylation sites (N-methyl/N-ethyl adjacent to an activating group) is 1. The number of aliphatic carboxylic acids is 1. The van der Waals surface area contributed by atoms with E-state index in [1.54, 1.807) is 6.08 Å². The van der Waals surface area contributed by atoms with Crippen molar-refractivity contribution in [3.63, 3.8) is 0 Å². The van der Waals surface area contributed by atoms with Gasteiger partial charge in [0, 0.05) is 32.2 Å². The molecule has 1 saturated heterocycles. The van der Waals surface area contributed by atoms with Crippen molar-refractivity contribution in [3.8, 4) is 0 Å². The Kier molecular flexibility index (Phi) is 5.99. The fraction of sp³-hybridized carbons (Fsp3) is 0.533. The molecule has 4 heteroatoms. The Hall–Kier alpha value is -1.39. The molecule has 0 saturated carbocycles. The Morgan fingerprint density at radius 1 is 1.42 bits per heavy atom. The molecule has 1 atom stereocenters. The SMILES string of the molecule is C=C/C(=C\C=C(/C)CN1CCN(C)[C@@H](C)C1)C(=O)O. The minimum Gasteiger partial charge on any atom is -0.478 e. The average molecular weight is 264 g/mol. The summed E-state index contributed by atoms with van der Waals surface area (Å²) in [4.78, 5) is 15.6. The molecule has 0 bridgehead atoms. The zero-order valence-corrected chi connectivity index (χ0v) is 12.1. The zero-order valence-electron chi connectivity index (χ0n) is 12.1. The van der Waals surface area contributed by atoms with E-state index in [9.17, 15) is 4.79 Å². The highest BCUT2D eigenvalue weighted by atomic mass is 16.4. The average Bonchev–Trinajstić information content (AvgIpc) is 2.34. The summed E-state index contributed by atoms with van der Waals surface area (Å²) in [6.07, 6.45) is 4.85. The summed E-state index contributed by atoms with van der Waals surface area (Å²) >= 11 is 0. The first kappa shape index (κ1) is 15.7. The van der Waals surface area contributed by atoms with Gasteiger partial charge in [-0.15, -0.1) is 0 Å². The highest BCUT2D eigenvalue weighted by molar-refractivity contribution is 5.89. The maximum atomic E-state index is 10.8. The number of hydrogen-bond acceptors (Lipinski definition) is 3. The summed E-state index contributed by atoms with van der Waals surface area (Å²) in [6, 6.07) is 0.569. The Morgan fingerprint density at radius 3 is 2.63 bits per heavy atom. The second-order valence-corrected chi connectivity index (χ2v) is 5.21. The lowest BCUT2D eigenvalue weighted by Gasteiger charge is -2.37. The molecule has 0 aromatic rings. The lowest BCUT2D eigenvalue weighted by atomic mass is 10.1. The largest absolute Gasteiger partial charge is 0.478 e. The van der Waals surface area contributed by atoms with E-state index >= 15 is 0 Å². The molecule has 106 valence electrons. The monoisotopic (exact) mass is 264 g/mol. The number of carboxylic acids is 1. The Bertz CT molecular complexity index is 399. The van der Waals surface area contributed by atoms with E-state index in [1.807, 2.05) is 13.0 Å². The molecule has 0 radical (unpaired) electrons. The molecule has 1 heterocycles. The van der Waals surface area contributed by atoms with Crippen molar-refractivity contribution < 1.29 is 9.90 Å². The molecule has 1 N–H and O–H groups in total. The van der Waals surface area contributed by atoms with Gasteiger partial charge in [0.1, 0.15) is 0 Å². The molecule has 1 fully saturated rings. The number of piperazine rings is 1. The summed E-state index contributed by atoms with van der Waals surface area (Å²) in [6.45, 7) is 11.8. The minimum atomic E-state index is -0.938. The predicted octanol–water partition coefficient (Wildman–Crippen LogP) is 1.77. The van der Waals surface area contributed by atoms with Gasteiger partial charge in [-0.25, -0.2) is 4.79 Å². The summed E-state index contributed by atoms with van der Waals surface area (Å²) in [5.41, 5.74) is 1.39. The van der Waals surface area contributed by atoms with Crippen LogP contribution in [0.2, 0.25) is 0 Å². The topological polar surface area (TPSA) is 43.8 Å². The van der Waals surface area contributed by atoms with Crippen LogP contribution in [0.15, 0.2) is 36.0 Å². The van der Waals surface area contributed by atoms with Crippen LogP contribution < -0.4 is 0 Å². The van der Waals surface area contributed by atoms with Gasteiger partial charge >= 0.3 is 5.97 Å². The van der Waals surface area contributed by atoms with Crippen molar-refractivity contribution in [1.29, 1.82) is 0 Å². The van der Waals surface area contributed by atoms with Gasteiger partial charge in [0.2, 0.25) is 0 Å². The van der Waals surface area contributed by atoms with Crippen molar-refractivity contribution in [1.82, 2.24) is 9.80 Å². The molecule has 0 unspecified atom stereocenters. The Balaban J connectivity index is 2.57. The Morgan fingerprint density at radius 2 is 2.11 bits per heavy atom. The van der Waals surface area contributed by atoms with Crippen molar-refractivity contribution in [2.24, 2.45) is 0 Å². The molecule has 1 aliphatic rings. The third-order valence-corrected chi connectivity index (χ3v) is 3.53. The zero-order chi connectivity index (χ0) is 14.4. The van der Waals surface area contributed by atoms with Crippen molar-refractivity contribution in [2.45, 2.75) is 19.9 Å². The van der Waals surface area contributed by atoms with E-state index in [-0.39, 0.29) is 5.57 Å². The first-order chi connectivity index (χ1) is 8.93. The van der Waals surface area contributed by atoms with Gasteiger partial charge in [-0.05, 0) is 27.0 Å². The summed E-state index contributed by atoms with van der Waals surface area (Å²) in [5.74, 6) is -0.938.